The zero-order valence-electron chi connectivity index (χ0n) is 6.27. The molecule has 0 aromatic rings. The Labute approximate surface area is 62.1 Å². The summed E-state index contributed by atoms with van der Waals surface area (Å²) in [6.07, 6.45) is 5.60. The minimum atomic E-state index is -0.609. The smallest absolute Gasteiger partial charge is 0.0890 e. The summed E-state index contributed by atoms with van der Waals surface area (Å²) in [6.45, 7) is 7.35. The van der Waals surface area contributed by atoms with Crippen molar-refractivity contribution in [1.82, 2.24) is 0 Å². The van der Waals surface area contributed by atoms with Crippen LogP contribution in [0.2, 0.25) is 0 Å². The van der Waals surface area contributed by atoms with Gasteiger partial charge in [0.1, 0.15) is 0 Å². The Morgan fingerprint density at radius 3 is 2.30 bits per heavy atom. The molecule has 56 valence electrons. The highest BCUT2D eigenvalue weighted by Gasteiger charge is 2.32. The first-order chi connectivity index (χ1) is 4.69. The molecule has 1 nitrogen and oxygen atoms in total. The lowest BCUT2D eigenvalue weighted by Gasteiger charge is -2.22. The van der Waals surface area contributed by atoms with Crippen LogP contribution >= 0.6 is 0 Å². The monoisotopic (exact) mass is 138 g/mol. The quantitative estimate of drug-likeness (QED) is 0.579. The van der Waals surface area contributed by atoms with E-state index in [-0.39, 0.29) is 0 Å². The van der Waals surface area contributed by atoms with E-state index in [9.17, 15) is 5.11 Å². The third-order valence-electron chi connectivity index (χ3n) is 2.27. The number of rotatable bonds is 2. The lowest BCUT2D eigenvalue weighted by molar-refractivity contribution is 0.0906. The Morgan fingerprint density at radius 2 is 1.90 bits per heavy atom. The molecule has 1 saturated carbocycles. The Morgan fingerprint density at radius 1 is 1.40 bits per heavy atom. The third kappa shape index (κ3) is 1.14. The summed E-state index contributed by atoms with van der Waals surface area (Å²) in [7, 11) is 0. The van der Waals surface area contributed by atoms with Gasteiger partial charge in [-0.1, -0.05) is 32.1 Å². The molecule has 1 N–H and O–H groups in total. The second kappa shape index (κ2) is 2.59. The van der Waals surface area contributed by atoms with E-state index in [4.69, 9.17) is 0 Å². The van der Waals surface area contributed by atoms with Crippen LogP contribution in [0.4, 0.5) is 0 Å². The molecule has 0 radical (unpaired) electrons. The first-order valence-electron chi connectivity index (χ1n) is 3.73. The summed E-state index contributed by atoms with van der Waals surface area (Å²) in [4.78, 5) is 0. The second-order valence-corrected chi connectivity index (χ2v) is 2.97. The van der Waals surface area contributed by atoms with E-state index < -0.39 is 5.60 Å². The van der Waals surface area contributed by atoms with Gasteiger partial charge >= 0.3 is 0 Å². The van der Waals surface area contributed by atoms with Crippen LogP contribution in [0.5, 0.6) is 0 Å². The van der Waals surface area contributed by atoms with Gasteiger partial charge in [-0.15, -0.1) is 0 Å². The van der Waals surface area contributed by atoms with Crippen LogP contribution in [0.15, 0.2) is 24.8 Å². The summed E-state index contributed by atoms with van der Waals surface area (Å²) in [5.41, 5.74) is 0.173. The molecule has 0 saturated heterocycles. The number of hydrogen-bond donors (Lipinski definition) is 1. The molecule has 0 atom stereocenters. The third-order valence-corrected chi connectivity index (χ3v) is 2.27. The van der Waals surface area contributed by atoms with E-state index >= 15 is 0 Å². The Kier molecular flexibility index (Phi) is 1.95. The Hall–Kier alpha value is -0.560. The van der Waals surface area contributed by atoms with Gasteiger partial charge in [0.15, 0.2) is 0 Å². The van der Waals surface area contributed by atoms with Crippen molar-refractivity contribution in [3.8, 4) is 0 Å². The summed E-state index contributed by atoms with van der Waals surface area (Å²) >= 11 is 0. The van der Waals surface area contributed by atoms with Crippen LogP contribution < -0.4 is 0 Å². The van der Waals surface area contributed by atoms with Gasteiger partial charge in [0, 0.05) is 0 Å². The Bertz CT molecular complexity index is 152. The summed E-state index contributed by atoms with van der Waals surface area (Å²) in [5.74, 6) is 0. The number of hydrogen-bond acceptors (Lipinski definition) is 1. The lowest BCUT2D eigenvalue weighted by atomic mass is 9.93. The van der Waals surface area contributed by atoms with Crippen molar-refractivity contribution >= 4 is 0 Å². The van der Waals surface area contributed by atoms with Gasteiger partial charge in [0.05, 0.1) is 5.60 Å². The average molecular weight is 138 g/mol. The van der Waals surface area contributed by atoms with Crippen LogP contribution in [-0.4, -0.2) is 10.7 Å². The maximum atomic E-state index is 9.79. The molecule has 1 fully saturated rings. The zero-order valence-corrected chi connectivity index (χ0v) is 6.27. The van der Waals surface area contributed by atoms with Crippen LogP contribution in [0.3, 0.4) is 0 Å². The van der Waals surface area contributed by atoms with Gasteiger partial charge in [-0.3, -0.25) is 0 Å². The molecular weight excluding hydrogens is 124 g/mol. The van der Waals surface area contributed by atoms with Gasteiger partial charge in [-0.25, -0.2) is 0 Å². The normalized spacial score (nSPS) is 22.5. The van der Waals surface area contributed by atoms with E-state index in [0.717, 1.165) is 31.3 Å². The highest BCUT2D eigenvalue weighted by molar-refractivity contribution is 5.24. The predicted octanol–water partition coefficient (Wildman–Crippen LogP) is 2.03. The van der Waals surface area contributed by atoms with Crippen molar-refractivity contribution in [1.29, 1.82) is 0 Å². The van der Waals surface area contributed by atoms with Gasteiger partial charge in [0.25, 0.3) is 0 Å². The van der Waals surface area contributed by atoms with E-state index in [1.807, 2.05) is 0 Å². The SMILES string of the molecule is C=CC(=C)C1(O)CCCC1. The van der Waals surface area contributed by atoms with Crippen molar-refractivity contribution in [2.75, 3.05) is 0 Å². The molecule has 10 heavy (non-hydrogen) atoms. The highest BCUT2D eigenvalue weighted by atomic mass is 16.3. The average Bonchev–Trinajstić information content (AvgIpc) is 2.36. The fourth-order valence-corrected chi connectivity index (χ4v) is 1.47. The topological polar surface area (TPSA) is 20.2 Å². The first-order valence-corrected chi connectivity index (χ1v) is 3.73. The van der Waals surface area contributed by atoms with Gasteiger partial charge in [-0.2, -0.15) is 0 Å². The molecule has 0 aromatic heterocycles. The largest absolute Gasteiger partial charge is 0.385 e. The molecule has 1 aliphatic rings. The van der Waals surface area contributed by atoms with Gasteiger partial charge in [0.2, 0.25) is 0 Å². The molecule has 1 rings (SSSR count). The molecule has 0 spiro atoms. The molecule has 0 bridgehead atoms. The van der Waals surface area contributed by atoms with Crippen LogP contribution in [0.1, 0.15) is 25.7 Å². The highest BCUT2D eigenvalue weighted by Crippen LogP contribution is 2.34. The van der Waals surface area contributed by atoms with E-state index in [1.165, 1.54) is 0 Å². The summed E-state index contributed by atoms with van der Waals surface area (Å²) < 4.78 is 0. The Balaban J connectivity index is 2.66. The minimum Gasteiger partial charge on any atom is -0.385 e. The van der Waals surface area contributed by atoms with Crippen LogP contribution in [-0.2, 0) is 0 Å². The van der Waals surface area contributed by atoms with Crippen molar-refractivity contribution in [3.63, 3.8) is 0 Å². The van der Waals surface area contributed by atoms with Crippen LogP contribution in [0, 0.1) is 0 Å². The van der Waals surface area contributed by atoms with Crippen molar-refractivity contribution < 1.29 is 5.11 Å². The van der Waals surface area contributed by atoms with E-state index in [1.54, 1.807) is 6.08 Å². The predicted molar refractivity (Wildman–Crippen MR) is 42.8 cm³/mol. The fraction of sp³-hybridized carbons (Fsp3) is 0.556. The maximum Gasteiger partial charge on any atom is 0.0890 e. The molecule has 0 heterocycles. The van der Waals surface area contributed by atoms with Crippen molar-refractivity contribution in [3.05, 3.63) is 24.8 Å². The number of aliphatic hydroxyl groups is 1. The minimum absolute atomic E-state index is 0.609. The standard InChI is InChI=1S/C9H14O/c1-3-8(2)9(10)6-4-5-7-9/h3,10H,1-2,4-7H2. The van der Waals surface area contributed by atoms with Crippen molar-refractivity contribution in [2.45, 2.75) is 31.3 Å². The molecule has 0 amide bonds. The molecule has 0 aromatic carbocycles. The summed E-state index contributed by atoms with van der Waals surface area (Å²) in [6, 6.07) is 0. The van der Waals surface area contributed by atoms with Gasteiger partial charge in [-0.05, 0) is 18.4 Å². The molecule has 1 aliphatic carbocycles. The van der Waals surface area contributed by atoms with Crippen LogP contribution in [0.25, 0.3) is 0 Å². The first kappa shape index (κ1) is 7.55. The molecule has 0 unspecified atom stereocenters. The van der Waals surface area contributed by atoms with E-state index in [0.29, 0.717) is 0 Å². The van der Waals surface area contributed by atoms with Gasteiger partial charge < -0.3 is 5.11 Å². The summed E-state index contributed by atoms with van der Waals surface area (Å²) in [5, 5.41) is 9.79. The van der Waals surface area contributed by atoms with E-state index in [2.05, 4.69) is 13.2 Å². The van der Waals surface area contributed by atoms with Crippen molar-refractivity contribution in [2.24, 2.45) is 0 Å². The zero-order chi connectivity index (χ0) is 7.61. The molecule has 1 heteroatoms. The maximum absolute atomic E-state index is 9.79. The molecule has 0 aliphatic heterocycles. The second-order valence-electron chi connectivity index (χ2n) is 2.97. The molecular formula is C9H14O. The lowest BCUT2D eigenvalue weighted by Crippen LogP contribution is -2.24. The fourth-order valence-electron chi connectivity index (χ4n) is 1.47.